The van der Waals surface area contributed by atoms with Gasteiger partial charge in [0.05, 0.1) is 15.5 Å². The second-order valence-electron chi connectivity index (χ2n) is 8.53. The van der Waals surface area contributed by atoms with Gasteiger partial charge in [0.1, 0.15) is 17.2 Å². The predicted molar refractivity (Wildman–Crippen MR) is 128 cm³/mol. The summed E-state index contributed by atoms with van der Waals surface area (Å²) in [6.07, 6.45) is 1.05. The van der Waals surface area contributed by atoms with Crippen LogP contribution in [-0.4, -0.2) is 68.8 Å². The van der Waals surface area contributed by atoms with Crippen LogP contribution in [0.1, 0.15) is 12.8 Å². The van der Waals surface area contributed by atoms with Crippen molar-refractivity contribution in [1.29, 1.82) is 0 Å². The maximum atomic E-state index is 14.2. The first kappa shape index (κ1) is 24.6. The molecule has 182 valence electrons. The number of carbonyl (C=O) groups is 1. The average Bonchev–Trinajstić information content (AvgIpc) is 3.24. The number of piperidine rings is 1. The Bertz CT molecular complexity index is 1280. The molecule has 0 aliphatic carbocycles. The summed E-state index contributed by atoms with van der Waals surface area (Å²) in [6, 6.07) is 9.36. The Morgan fingerprint density at radius 2 is 1.88 bits per heavy atom. The molecule has 1 saturated heterocycles. The quantitative estimate of drug-likeness (QED) is 0.488. The molecule has 0 saturated carbocycles. The molecule has 7 nitrogen and oxygen atoms in total. The number of para-hydroxylation sites is 1. The highest BCUT2D eigenvalue weighted by Gasteiger charge is 2.36. The van der Waals surface area contributed by atoms with Crippen LogP contribution in [0.4, 0.5) is 13.9 Å². The number of halogens is 2. The lowest BCUT2D eigenvalue weighted by Crippen LogP contribution is -2.48. The number of anilines is 1. The van der Waals surface area contributed by atoms with E-state index in [0.717, 1.165) is 12.1 Å². The maximum Gasteiger partial charge on any atom is 0.243 e. The van der Waals surface area contributed by atoms with E-state index < -0.39 is 27.6 Å². The van der Waals surface area contributed by atoms with E-state index in [2.05, 4.69) is 4.98 Å². The van der Waals surface area contributed by atoms with E-state index >= 15 is 0 Å². The fraction of sp³-hybridized carbons (Fsp3) is 0.391. The number of likely N-dealkylation sites (N-methyl/N-ethyl adjacent to an activating group) is 1. The zero-order valence-corrected chi connectivity index (χ0v) is 20.6. The number of nitrogens with zero attached hydrogens (tertiary/aromatic N) is 4. The summed E-state index contributed by atoms with van der Waals surface area (Å²) in [5, 5.41) is 0.394. The lowest BCUT2D eigenvalue weighted by molar-refractivity contribution is -0.123. The summed E-state index contributed by atoms with van der Waals surface area (Å²) < 4.78 is 55.6. The average molecular weight is 509 g/mol. The van der Waals surface area contributed by atoms with Crippen LogP contribution in [0.3, 0.4) is 0 Å². The lowest BCUT2D eigenvalue weighted by atomic mass is 9.98. The first-order valence-corrected chi connectivity index (χ1v) is 13.2. The molecule has 0 N–H and O–H groups in total. The summed E-state index contributed by atoms with van der Waals surface area (Å²) in [7, 11) is -0.0879. The molecule has 1 unspecified atom stereocenters. The number of benzene rings is 2. The molecular weight excluding hydrogens is 482 g/mol. The summed E-state index contributed by atoms with van der Waals surface area (Å²) in [5.74, 6) is -1.77. The Hall–Kier alpha value is -2.47. The topological polar surface area (TPSA) is 73.8 Å². The standard InChI is InChI=1S/C23H26F2N4O3S2/c1-27(2)13-14-29(23-26-21-19(25)6-3-7-20(21)33-23)22(30)16-5-4-12-28(15-16)34(31,32)18-10-8-17(24)9-11-18/h3,6-11,16H,4-5,12-15H2,1-2H3. The Kier molecular flexibility index (Phi) is 7.27. The molecule has 0 bridgehead atoms. The van der Waals surface area contributed by atoms with Crippen LogP contribution in [0, 0.1) is 17.6 Å². The van der Waals surface area contributed by atoms with Gasteiger partial charge >= 0.3 is 0 Å². The van der Waals surface area contributed by atoms with Crippen LogP contribution in [0.25, 0.3) is 10.2 Å². The number of carbonyl (C=O) groups excluding carboxylic acids is 1. The van der Waals surface area contributed by atoms with Crippen LogP contribution < -0.4 is 4.90 Å². The summed E-state index contributed by atoms with van der Waals surface area (Å²) >= 11 is 1.24. The van der Waals surface area contributed by atoms with Crippen molar-refractivity contribution in [2.75, 3.05) is 45.2 Å². The van der Waals surface area contributed by atoms with Crippen molar-refractivity contribution in [1.82, 2.24) is 14.2 Å². The van der Waals surface area contributed by atoms with Crippen molar-refractivity contribution in [2.24, 2.45) is 5.92 Å². The number of fused-ring (bicyclic) bond motifs is 1. The zero-order valence-electron chi connectivity index (χ0n) is 18.9. The number of rotatable bonds is 7. The summed E-state index contributed by atoms with van der Waals surface area (Å²) in [5.41, 5.74) is 0.217. The van der Waals surface area contributed by atoms with Gasteiger partial charge in [-0.3, -0.25) is 9.69 Å². The molecule has 1 amide bonds. The second-order valence-corrected chi connectivity index (χ2v) is 11.5. The minimum absolute atomic E-state index is 0.00638. The molecule has 0 spiro atoms. The van der Waals surface area contributed by atoms with E-state index in [0.29, 0.717) is 35.8 Å². The monoisotopic (exact) mass is 508 g/mol. The molecule has 1 aliphatic rings. The number of thiazole rings is 1. The van der Waals surface area contributed by atoms with Gasteiger partial charge in [0.2, 0.25) is 15.9 Å². The van der Waals surface area contributed by atoms with Gasteiger partial charge in [-0.05, 0) is 63.3 Å². The number of sulfonamides is 1. The number of hydrogen-bond donors (Lipinski definition) is 0. The smallest absolute Gasteiger partial charge is 0.243 e. The van der Waals surface area contributed by atoms with Crippen LogP contribution in [0.2, 0.25) is 0 Å². The van der Waals surface area contributed by atoms with Gasteiger partial charge in [-0.1, -0.05) is 17.4 Å². The molecule has 1 aliphatic heterocycles. The van der Waals surface area contributed by atoms with E-state index in [1.54, 1.807) is 17.0 Å². The minimum Gasteiger partial charge on any atom is -0.308 e. The zero-order chi connectivity index (χ0) is 24.5. The normalized spacial score (nSPS) is 17.4. The van der Waals surface area contributed by atoms with Crippen LogP contribution in [-0.2, 0) is 14.8 Å². The third-order valence-electron chi connectivity index (χ3n) is 5.81. The van der Waals surface area contributed by atoms with Crippen molar-refractivity contribution < 1.29 is 22.0 Å². The van der Waals surface area contributed by atoms with Crippen molar-refractivity contribution in [3.8, 4) is 0 Å². The fourth-order valence-electron chi connectivity index (χ4n) is 3.96. The van der Waals surface area contributed by atoms with E-state index in [1.165, 1.54) is 33.8 Å². The highest BCUT2D eigenvalue weighted by atomic mass is 32.2. The fourth-order valence-corrected chi connectivity index (χ4v) is 6.49. The van der Waals surface area contributed by atoms with Gasteiger partial charge < -0.3 is 4.90 Å². The predicted octanol–water partition coefficient (Wildman–Crippen LogP) is 3.57. The SMILES string of the molecule is CN(C)CCN(C(=O)C1CCCN(S(=O)(=O)c2ccc(F)cc2)C1)c1nc2c(F)cccc2s1. The first-order valence-electron chi connectivity index (χ1n) is 10.9. The molecule has 2 aromatic carbocycles. The minimum atomic E-state index is -3.86. The van der Waals surface area contributed by atoms with Gasteiger partial charge in [0.15, 0.2) is 5.13 Å². The summed E-state index contributed by atoms with van der Waals surface area (Å²) in [6.45, 7) is 1.22. The second kappa shape index (κ2) is 10.0. The van der Waals surface area contributed by atoms with Crippen molar-refractivity contribution >= 4 is 42.6 Å². The molecule has 1 atom stereocenters. The number of amides is 1. The Morgan fingerprint density at radius 3 is 2.56 bits per heavy atom. The molecule has 34 heavy (non-hydrogen) atoms. The van der Waals surface area contributed by atoms with E-state index in [9.17, 15) is 22.0 Å². The third-order valence-corrected chi connectivity index (χ3v) is 8.73. The third kappa shape index (κ3) is 5.12. The van der Waals surface area contributed by atoms with E-state index in [4.69, 9.17) is 0 Å². The molecule has 1 fully saturated rings. The van der Waals surface area contributed by atoms with Gasteiger partial charge in [-0.25, -0.2) is 22.2 Å². The van der Waals surface area contributed by atoms with Crippen LogP contribution in [0.15, 0.2) is 47.4 Å². The van der Waals surface area contributed by atoms with Crippen molar-refractivity contribution in [2.45, 2.75) is 17.7 Å². The Balaban J connectivity index is 1.60. The molecule has 11 heteroatoms. The van der Waals surface area contributed by atoms with E-state index in [1.807, 2.05) is 19.0 Å². The molecule has 0 radical (unpaired) electrons. The maximum absolute atomic E-state index is 14.2. The molecule has 1 aromatic heterocycles. The Labute approximate surface area is 201 Å². The molecule has 4 rings (SSSR count). The van der Waals surface area contributed by atoms with Gasteiger partial charge in [-0.15, -0.1) is 0 Å². The van der Waals surface area contributed by atoms with Gasteiger partial charge in [0.25, 0.3) is 0 Å². The number of aromatic nitrogens is 1. The highest BCUT2D eigenvalue weighted by Crippen LogP contribution is 2.32. The first-order chi connectivity index (χ1) is 16.2. The van der Waals surface area contributed by atoms with Crippen LogP contribution in [0.5, 0.6) is 0 Å². The van der Waals surface area contributed by atoms with Gasteiger partial charge in [-0.2, -0.15) is 4.31 Å². The van der Waals surface area contributed by atoms with Crippen molar-refractivity contribution in [3.63, 3.8) is 0 Å². The molecule has 2 heterocycles. The van der Waals surface area contributed by atoms with Crippen LogP contribution >= 0.6 is 11.3 Å². The Morgan fingerprint density at radius 1 is 1.15 bits per heavy atom. The van der Waals surface area contributed by atoms with Gasteiger partial charge in [0, 0.05) is 26.2 Å². The molecule has 3 aromatic rings. The van der Waals surface area contributed by atoms with E-state index in [-0.39, 0.29) is 29.4 Å². The lowest BCUT2D eigenvalue weighted by Gasteiger charge is -2.34. The van der Waals surface area contributed by atoms with Crippen molar-refractivity contribution in [3.05, 3.63) is 54.1 Å². The highest BCUT2D eigenvalue weighted by molar-refractivity contribution is 7.89. The number of hydrogen-bond acceptors (Lipinski definition) is 6. The largest absolute Gasteiger partial charge is 0.308 e. The summed E-state index contributed by atoms with van der Waals surface area (Å²) in [4.78, 5) is 21.5. The molecular formula is C23H26F2N4O3S2.